The Hall–Kier alpha value is -3.45. The summed E-state index contributed by atoms with van der Waals surface area (Å²) < 4.78 is 6.85. The van der Waals surface area contributed by atoms with Crippen LogP contribution >= 0.6 is 12.2 Å². The number of fused-ring (bicyclic) bond motifs is 1. The van der Waals surface area contributed by atoms with Gasteiger partial charge >= 0.3 is 0 Å². The molecule has 4 rings (SSSR count). The number of anilines is 1. The molecule has 7 heteroatoms. The molecule has 2 heterocycles. The van der Waals surface area contributed by atoms with Crippen molar-refractivity contribution in [2.45, 2.75) is 0 Å². The summed E-state index contributed by atoms with van der Waals surface area (Å²) in [7, 11) is 0. The molecule has 128 valence electrons. The van der Waals surface area contributed by atoms with E-state index in [1.165, 1.54) is 6.26 Å². The first kappa shape index (κ1) is 16.0. The molecule has 0 saturated heterocycles. The van der Waals surface area contributed by atoms with E-state index in [1.54, 1.807) is 12.1 Å². The quantitative estimate of drug-likeness (QED) is 0.543. The normalized spacial score (nSPS) is 10.6. The molecular formula is C19H14N4O2S. The highest BCUT2D eigenvalue weighted by Crippen LogP contribution is 2.17. The number of nitrogens with one attached hydrogen (secondary N) is 2. The van der Waals surface area contributed by atoms with Crippen LogP contribution in [-0.4, -0.2) is 20.8 Å². The van der Waals surface area contributed by atoms with Crippen molar-refractivity contribution in [1.29, 1.82) is 0 Å². The lowest BCUT2D eigenvalue weighted by Gasteiger charge is -2.09. The van der Waals surface area contributed by atoms with Crippen molar-refractivity contribution >= 4 is 39.8 Å². The number of benzene rings is 2. The maximum atomic E-state index is 11.9. The highest BCUT2D eigenvalue weighted by molar-refractivity contribution is 7.80. The second-order valence-electron chi connectivity index (χ2n) is 5.56. The van der Waals surface area contributed by atoms with Gasteiger partial charge in [-0.2, -0.15) is 5.10 Å². The molecule has 2 aromatic carbocycles. The number of carbonyl (C=O) groups is 1. The van der Waals surface area contributed by atoms with Gasteiger partial charge in [0.25, 0.3) is 5.91 Å². The number of nitrogens with zero attached hydrogens (tertiary/aromatic N) is 2. The number of hydrogen-bond donors (Lipinski definition) is 2. The monoisotopic (exact) mass is 362 g/mol. The molecule has 0 aliphatic carbocycles. The minimum Gasteiger partial charge on any atom is -0.459 e. The summed E-state index contributed by atoms with van der Waals surface area (Å²) >= 11 is 5.15. The molecule has 1 amide bonds. The zero-order valence-electron chi connectivity index (χ0n) is 13.5. The first-order chi connectivity index (χ1) is 12.7. The van der Waals surface area contributed by atoms with Crippen LogP contribution in [0.3, 0.4) is 0 Å². The third-order valence-corrected chi connectivity index (χ3v) is 3.98. The van der Waals surface area contributed by atoms with Crippen LogP contribution in [0.1, 0.15) is 10.6 Å². The summed E-state index contributed by atoms with van der Waals surface area (Å²) in [4.78, 5) is 11.9. The summed E-state index contributed by atoms with van der Waals surface area (Å²) in [6.45, 7) is 0. The van der Waals surface area contributed by atoms with Gasteiger partial charge in [-0.1, -0.05) is 18.2 Å². The summed E-state index contributed by atoms with van der Waals surface area (Å²) in [5.74, 6) is -0.192. The molecule has 4 aromatic rings. The van der Waals surface area contributed by atoms with Crippen molar-refractivity contribution in [1.82, 2.24) is 15.1 Å². The Kier molecular flexibility index (Phi) is 4.20. The highest BCUT2D eigenvalue weighted by atomic mass is 32.1. The van der Waals surface area contributed by atoms with Gasteiger partial charge in [-0.05, 0) is 54.7 Å². The van der Waals surface area contributed by atoms with E-state index in [-0.39, 0.29) is 10.9 Å². The largest absolute Gasteiger partial charge is 0.459 e. The predicted molar refractivity (Wildman–Crippen MR) is 103 cm³/mol. The molecule has 0 aliphatic rings. The SMILES string of the molecule is O=C(NC(=S)Nc1ccc(-n2cc3ccccc3n2)cc1)c1ccco1. The Morgan fingerprint density at radius 2 is 1.85 bits per heavy atom. The minimum absolute atomic E-state index is 0.198. The van der Waals surface area contributed by atoms with Gasteiger partial charge in [-0.25, -0.2) is 4.68 Å². The number of rotatable bonds is 3. The third kappa shape index (κ3) is 3.33. The fourth-order valence-corrected chi connectivity index (χ4v) is 2.74. The summed E-state index contributed by atoms with van der Waals surface area (Å²) in [6, 6.07) is 18.7. The molecule has 0 fully saturated rings. The molecule has 0 unspecified atom stereocenters. The molecule has 0 spiro atoms. The van der Waals surface area contributed by atoms with E-state index in [2.05, 4.69) is 15.7 Å². The van der Waals surface area contributed by atoms with Crippen molar-refractivity contribution < 1.29 is 9.21 Å². The van der Waals surface area contributed by atoms with Crippen LogP contribution in [0.2, 0.25) is 0 Å². The second kappa shape index (κ2) is 6.81. The van der Waals surface area contributed by atoms with E-state index in [9.17, 15) is 4.79 Å². The van der Waals surface area contributed by atoms with Gasteiger partial charge in [0.1, 0.15) is 0 Å². The van der Waals surface area contributed by atoms with Crippen LogP contribution in [0.5, 0.6) is 0 Å². The van der Waals surface area contributed by atoms with E-state index in [4.69, 9.17) is 16.6 Å². The predicted octanol–water partition coefficient (Wildman–Crippen LogP) is 3.75. The van der Waals surface area contributed by atoms with Gasteiger partial charge < -0.3 is 9.73 Å². The van der Waals surface area contributed by atoms with E-state index in [1.807, 2.05) is 59.4 Å². The van der Waals surface area contributed by atoms with Crippen LogP contribution in [0.4, 0.5) is 5.69 Å². The summed E-state index contributed by atoms with van der Waals surface area (Å²) in [6.07, 6.45) is 3.41. The number of hydrogen-bond acceptors (Lipinski definition) is 4. The molecule has 2 aromatic heterocycles. The van der Waals surface area contributed by atoms with E-state index in [0.29, 0.717) is 0 Å². The maximum Gasteiger partial charge on any atom is 0.293 e. The average Bonchev–Trinajstić information content (AvgIpc) is 3.32. The van der Waals surface area contributed by atoms with Crippen LogP contribution < -0.4 is 10.6 Å². The Labute approximate surface area is 154 Å². The number of carbonyl (C=O) groups excluding carboxylic acids is 1. The number of furan rings is 1. The molecule has 0 bridgehead atoms. The molecule has 0 radical (unpaired) electrons. The first-order valence-corrected chi connectivity index (χ1v) is 8.30. The van der Waals surface area contributed by atoms with Crippen molar-refractivity contribution in [3.05, 3.63) is 78.9 Å². The second-order valence-corrected chi connectivity index (χ2v) is 5.97. The van der Waals surface area contributed by atoms with Gasteiger partial charge in [0.15, 0.2) is 10.9 Å². The Morgan fingerprint density at radius 1 is 1.04 bits per heavy atom. The highest BCUT2D eigenvalue weighted by Gasteiger charge is 2.10. The smallest absolute Gasteiger partial charge is 0.293 e. The number of amides is 1. The number of aromatic nitrogens is 2. The molecular weight excluding hydrogens is 348 g/mol. The van der Waals surface area contributed by atoms with Crippen molar-refractivity contribution in [2.75, 3.05) is 5.32 Å². The molecule has 0 aliphatic heterocycles. The molecule has 2 N–H and O–H groups in total. The Bertz CT molecular complexity index is 1040. The van der Waals surface area contributed by atoms with Crippen LogP contribution in [-0.2, 0) is 0 Å². The Morgan fingerprint density at radius 3 is 2.58 bits per heavy atom. The topological polar surface area (TPSA) is 72.1 Å². The van der Waals surface area contributed by atoms with Crippen molar-refractivity contribution in [2.24, 2.45) is 0 Å². The average molecular weight is 362 g/mol. The lowest BCUT2D eigenvalue weighted by Crippen LogP contribution is -2.33. The molecule has 6 nitrogen and oxygen atoms in total. The minimum atomic E-state index is -0.396. The van der Waals surface area contributed by atoms with Gasteiger partial charge in [-0.15, -0.1) is 0 Å². The van der Waals surface area contributed by atoms with Gasteiger partial charge in [0.05, 0.1) is 17.5 Å². The van der Waals surface area contributed by atoms with Gasteiger partial charge in [0, 0.05) is 17.3 Å². The lowest BCUT2D eigenvalue weighted by molar-refractivity contribution is 0.0950. The van der Waals surface area contributed by atoms with E-state index < -0.39 is 5.91 Å². The summed E-state index contributed by atoms with van der Waals surface area (Å²) in [5, 5.41) is 11.4. The zero-order valence-corrected chi connectivity index (χ0v) is 14.4. The summed E-state index contributed by atoms with van der Waals surface area (Å²) in [5.41, 5.74) is 2.63. The maximum absolute atomic E-state index is 11.9. The lowest BCUT2D eigenvalue weighted by atomic mass is 10.2. The van der Waals surface area contributed by atoms with E-state index in [0.717, 1.165) is 22.3 Å². The first-order valence-electron chi connectivity index (χ1n) is 7.90. The third-order valence-electron chi connectivity index (χ3n) is 3.78. The Balaban J connectivity index is 1.44. The van der Waals surface area contributed by atoms with Crippen LogP contribution in [0.25, 0.3) is 16.6 Å². The fraction of sp³-hybridized carbons (Fsp3) is 0. The van der Waals surface area contributed by atoms with Crippen LogP contribution in [0.15, 0.2) is 77.5 Å². The van der Waals surface area contributed by atoms with Crippen molar-refractivity contribution in [3.63, 3.8) is 0 Å². The number of thiocarbonyl (C=S) groups is 1. The van der Waals surface area contributed by atoms with E-state index >= 15 is 0 Å². The van der Waals surface area contributed by atoms with Crippen LogP contribution in [0, 0.1) is 0 Å². The molecule has 0 saturated carbocycles. The standard InChI is InChI=1S/C19H14N4O2S/c24-18(17-6-3-11-25-17)21-19(26)20-14-7-9-15(10-8-14)23-12-13-4-1-2-5-16(13)22-23/h1-12H,(H2,20,21,24,26). The van der Waals surface area contributed by atoms with Crippen molar-refractivity contribution in [3.8, 4) is 5.69 Å². The molecule has 0 atom stereocenters. The molecule has 26 heavy (non-hydrogen) atoms. The van der Waals surface area contributed by atoms with Gasteiger partial charge in [-0.3, -0.25) is 10.1 Å². The fourth-order valence-electron chi connectivity index (χ4n) is 2.53. The van der Waals surface area contributed by atoms with Gasteiger partial charge in [0.2, 0.25) is 0 Å². The zero-order chi connectivity index (χ0) is 17.9.